The molecule has 2 unspecified atom stereocenters. The lowest BCUT2D eigenvalue weighted by Gasteiger charge is -2.20. The van der Waals surface area contributed by atoms with E-state index in [0.29, 0.717) is 22.6 Å². The fourth-order valence-corrected chi connectivity index (χ4v) is 7.80. The van der Waals surface area contributed by atoms with E-state index in [-0.39, 0.29) is 33.7 Å². The van der Waals surface area contributed by atoms with Gasteiger partial charge in [0, 0.05) is 67.7 Å². The van der Waals surface area contributed by atoms with Gasteiger partial charge in [-0.15, -0.1) is 10.2 Å². The number of nitrogens with zero attached hydrogens (tertiary/aromatic N) is 9. The summed E-state index contributed by atoms with van der Waals surface area (Å²) in [6, 6.07) is 8.89. The van der Waals surface area contributed by atoms with E-state index in [1.165, 1.54) is 65.1 Å². The molecule has 8 rings (SSSR count). The summed E-state index contributed by atoms with van der Waals surface area (Å²) < 4.78 is 0. The van der Waals surface area contributed by atoms with Gasteiger partial charge in [-0.2, -0.15) is 5.10 Å². The number of anilines is 1. The molecule has 2 saturated heterocycles. The number of likely N-dealkylation sites (tertiary alicyclic amines) is 1. The summed E-state index contributed by atoms with van der Waals surface area (Å²) >= 11 is 1.35. The fraction of sp³-hybridized carbons (Fsp3) is 0.519. The molecule has 0 spiro atoms. The minimum Gasteiger partial charge on any atom is -0.316 e. The van der Waals surface area contributed by atoms with Gasteiger partial charge in [0.2, 0.25) is 5.13 Å². The fourth-order valence-electron chi connectivity index (χ4n) is 7.21. The second-order valence-corrected chi connectivity index (χ2v) is 22.9. The van der Waals surface area contributed by atoms with Crippen LogP contribution < -0.4 is 16.4 Å². The summed E-state index contributed by atoms with van der Waals surface area (Å²) in [6.45, 7) is 33.4. The van der Waals surface area contributed by atoms with Crippen molar-refractivity contribution in [2.75, 3.05) is 18.4 Å². The first-order chi connectivity index (χ1) is 31.3. The highest BCUT2D eigenvalue weighted by Gasteiger charge is 2.24. The molecule has 0 saturated carbocycles. The summed E-state index contributed by atoms with van der Waals surface area (Å²) in [5.41, 5.74) is 15.2. The van der Waals surface area contributed by atoms with E-state index in [4.69, 9.17) is 5.73 Å². The summed E-state index contributed by atoms with van der Waals surface area (Å²) in [6.07, 6.45) is 19.9. The third-order valence-corrected chi connectivity index (χ3v) is 12.3. The van der Waals surface area contributed by atoms with Crippen molar-refractivity contribution in [2.45, 2.75) is 163 Å². The van der Waals surface area contributed by atoms with Crippen molar-refractivity contribution in [3.8, 4) is 11.4 Å². The van der Waals surface area contributed by atoms with Crippen molar-refractivity contribution in [1.29, 1.82) is 0 Å². The van der Waals surface area contributed by atoms with Gasteiger partial charge < -0.3 is 5.73 Å². The molecule has 8 heterocycles. The molecule has 67 heavy (non-hydrogen) atoms. The van der Waals surface area contributed by atoms with Gasteiger partial charge in [-0.25, -0.2) is 4.98 Å². The predicted octanol–water partition coefficient (Wildman–Crippen LogP) is 10.3. The van der Waals surface area contributed by atoms with Crippen molar-refractivity contribution in [1.82, 2.24) is 55.5 Å². The number of carbonyl (C=O) groups excluding carboxylic acids is 1. The van der Waals surface area contributed by atoms with Gasteiger partial charge in [-0.05, 0) is 120 Å². The molecule has 5 N–H and O–H groups in total. The Morgan fingerprint density at radius 2 is 1.25 bits per heavy atom. The van der Waals surface area contributed by atoms with Crippen LogP contribution >= 0.6 is 11.3 Å². The number of H-pyrrole nitrogens is 1. The van der Waals surface area contributed by atoms with Gasteiger partial charge in [0.15, 0.2) is 5.82 Å². The Labute approximate surface area is 403 Å². The lowest BCUT2D eigenvalue weighted by Crippen LogP contribution is -2.32. The van der Waals surface area contributed by atoms with E-state index >= 15 is 0 Å². The van der Waals surface area contributed by atoms with Crippen LogP contribution in [-0.4, -0.2) is 75.4 Å². The Hall–Kier alpha value is -5.35. The SMILES string of the molecule is CC(C)(C)c1cncc(C2CCC(N)N2)c1.CC(C)(C)c1cncc(CN2CCCC2)c1.Cc1nc(-c2cncc(C(C)(C)C)c2)n[nH]1.Cc1nnc(NC(=O)c2cncc(C(C)(C)C)c2)s1. The molecule has 2 aliphatic heterocycles. The molecule has 2 atom stereocenters. The van der Waals surface area contributed by atoms with Crippen LogP contribution in [0, 0.1) is 13.8 Å². The van der Waals surface area contributed by atoms with Crippen molar-refractivity contribution >= 4 is 22.4 Å². The van der Waals surface area contributed by atoms with E-state index in [0.717, 1.165) is 41.3 Å². The van der Waals surface area contributed by atoms with Crippen molar-refractivity contribution < 1.29 is 4.79 Å². The van der Waals surface area contributed by atoms with Crippen LogP contribution in [0.1, 0.15) is 169 Å². The normalized spacial score (nSPS) is 16.5. The third-order valence-electron chi connectivity index (χ3n) is 11.5. The first-order valence-electron chi connectivity index (χ1n) is 23.4. The molecule has 15 heteroatoms. The molecule has 0 bridgehead atoms. The smallest absolute Gasteiger partial charge is 0.259 e. The number of aromatic nitrogens is 9. The number of hydrogen-bond donors (Lipinski definition) is 4. The monoisotopic (exact) mass is 930 g/mol. The van der Waals surface area contributed by atoms with Gasteiger partial charge >= 0.3 is 0 Å². The van der Waals surface area contributed by atoms with E-state index < -0.39 is 0 Å². The second kappa shape index (κ2) is 22.6. The van der Waals surface area contributed by atoms with Crippen molar-refractivity contribution in [2.24, 2.45) is 5.73 Å². The molecule has 360 valence electrons. The van der Waals surface area contributed by atoms with Crippen LogP contribution in [0.15, 0.2) is 73.8 Å². The number of aromatic amines is 1. The first-order valence-corrected chi connectivity index (χ1v) is 24.2. The zero-order chi connectivity index (χ0) is 49.2. The Kier molecular flexibility index (Phi) is 17.8. The Morgan fingerprint density at radius 1 is 0.701 bits per heavy atom. The van der Waals surface area contributed by atoms with Crippen molar-refractivity contribution in [3.05, 3.63) is 124 Å². The number of carbonyl (C=O) groups is 1. The van der Waals surface area contributed by atoms with Crippen LogP contribution in [0.5, 0.6) is 0 Å². The number of amides is 1. The molecule has 0 radical (unpaired) electrons. The summed E-state index contributed by atoms with van der Waals surface area (Å²) in [5, 5.41) is 22.1. The topological polar surface area (TPSA) is 189 Å². The lowest BCUT2D eigenvalue weighted by molar-refractivity contribution is 0.102. The molecule has 0 aliphatic carbocycles. The summed E-state index contributed by atoms with van der Waals surface area (Å²) in [5.74, 6) is 1.31. The maximum atomic E-state index is 12.1. The molecular formula is C52H75N13OS. The maximum Gasteiger partial charge on any atom is 0.259 e. The quantitative estimate of drug-likeness (QED) is 0.124. The highest BCUT2D eigenvalue weighted by Crippen LogP contribution is 2.29. The molecule has 0 aromatic carbocycles. The van der Waals surface area contributed by atoms with Gasteiger partial charge in [0.25, 0.3) is 5.91 Å². The zero-order valence-electron chi connectivity index (χ0n) is 42.5. The van der Waals surface area contributed by atoms with Gasteiger partial charge in [0.05, 0.1) is 11.7 Å². The largest absolute Gasteiger partial charge is 0.316 e. The highest BCUT2D eigenvalue weighted by atomic mass is 32.1. The number of aryl methyl sites for hydroxylation is 2. The average Bonchev–Trinajstić information content (AvgIpc) is 4.11. The average molecular weight is 930 g/mol. The second-order valence-electron chi connectivity index (χ2n) is 21.7. The van der Waals surface area contributed by atoms with Crippen LogP contribution in [0.25, 0.3) is 11.4 Å². The van der Waals surface area contributed by atoms with E-state index in [9.17, 15) is 4.79 Å². The molecule has 14 nitrogen and oxygen atoms in total. The number of pyridine rings is 4. The maximum absolute atomic E-state index is 12.1. The van der Waals surface area contributed by atoms with Gasteiger partial charge in [-0.1, -0.05) is 107 Å². The molecule has 6 aromatic heterocycles. The number of nitrogens with two attached hydrogens (primary N) is 1. The predicted molar refractivity (Wildman–Crippen MR) is 272 cm³/mol. The number of rotatable bonds is 6. The van der Waals surface area contributed by atoms with Crippen LogP contribution in [-0.2, 0) is 28.2 Å². The minimum atomic E-state index is -0.213. The molecule has 1 amide bonds. The van der Waals surface area contributed by atoms with Crippen LogP contribution in [0.4, 0.5) is 5.13 Å². The number of hydrogen-bond acceptors (Lipinski definition) is 13. The molecule has 2 aliphatic rings. The van der Waals surface area contributed by atoms with E-state index in [2.05, 4.69) is 162 Å². The Morgan fingerprint density at radius 3 is 1.79 bits per heavy atom. The van der Waals surface area contributed by atoms with Crippen LogP contribution in [0.3, 0.4) is 0 Å². The molecular weight excluding hydrogens is 855 g/mol. The lowest BCUT2D eigenvalue weighted by atomic mass is 9.87. The minimum absolute atomic E-state index is 0.0391. The first kappa shape index (κ1) is 52.6. The van der Waals surface area contributed by atoms with Gasteiger partial charge in [0.1, 0.15) is 10.8 Å². The Balaban J connectivity index is 0.000000168. The van der Waals surface area contributed by atoms with E-state index in [1.54, 1.807) is 18.6 Å². The van der Waals surface area contributed by atoms with Gasteiger partial charge in [-0.3, -0.25) is 45.4 Å². The van der Waals surface area contributed by atoms with Crippen molar-refractivity contribution in [3.63, 3.8) is 0 Å². The standard InChI is InChI=1S/C14H22N2.C13H16N4OS.C13H21N3.C12H16N4/c1-14(2,3)13-8-12(9-15-10-13)11-16-6-4-5-7-16;1-8-16-17-12(19-8)15-11(18)9-5-10(7-14-6-9)13(2,3)4;1-13(2,3)10-6-9(7-15-8-10)11-4-5-12(14)16-11;1-8-14-11(16-15-8)9-5-10(7-13-6-9)12(2,3)4/h8-10H,4-7,11H2,1-3H3;5-7H,1-4H3,(H,15,17,18);6-8,11-12,16H,4-5,14H2,1-3H3;5-7H,1-4H3,(H,14,15,16). The summed E-state index contributed by atoms with van der Waals surface area (Å²) in [4.78, 5) is 36.0. The van der Waals surface area contributed by atoms with Crippen LogP contribution in [0.2, 0.25) is 0 Å². The third kappa shape index (κ3) is 16.4. The highest BCUT2D eigenvalue weighted by molar-refractivity contribution is 7.15. The molecule has 6 aromatic rings. The zero-order valence-corrected chi connectivity index (χ0v) is 43.3. The molecule has 2 fully saturated rings. The number of nitrogens with one attached hydrogen (secondary N) is 3. The Bertz CT molecular complexity index is 2500. The summed E-state index contributed by atoms with van der Waals surface area (Å²) in [7, 11) is 0. The van der Waals surface area contributed by atoms with E-state index in [1.807, 2.05) is 50.9 Å².